The lowest BCUT2D eigenvalue weighted by Gasteiger charge is -2.21. The van der Waals surface area contributed by atoms with E-state index in [1.807, 2.05) is 13.8 Å². The van der Waals surface area contributed by atoms with Crippen molar-refractivity contribution in [2.24, 2.45) is 0 Å². The van der Waals surface area contributed by atoms with E-state index in [1.165, 1.54) is 5.56 Å². The second-order valence-electron chi connectivity index (χ2n) is 6.03. The first kappa shape index (κ1) is 17.1. The number of benzene rings is 1. The number of hydrogen-bond donors (Lipinski definition) is 2. The minimum Gasteiger partial charge on any atom is -0.345 e. The van der Waals surface area contributed by atoms with Gasteiger partial charge in [-0.2, -0.15) is 0 Å². The van der Waals surface area contributed by atoms with E-state index < -0.39 is 0 Å². The van der Waals surface area contributed by atoms with Gasteiger partial charge in [0, 0.05) is 18.9 Å². The summed E-state index contributed by atoms with van der Waals surface area (Å²) >= 11 is 0. The minimum absolute atomic E-state index is 0.0287. The maximum absolute atomic E-state index is 12.3. The molecule has 5 nitrogen and oxygen atoms in total. The van der Waals surface area contributed by atoms with E-state index in [-0.39, 0.29) is 12.1 Å². The fourth-order valence-electron chi connectivity index (χ4n) is 2.48. The number of urea groups is 1. The standard InChI is InChI=1S/C18H26N4O/c1-5-6-15-7-9-16(10-8-15)14(3)21-18(23)22(4)12-17-19-11-13(2)20-17/h7-11,14H,5-6,12H2,1-4H3,(H,19,20)(H,21,23)/t14-/m1/s1. The Bertz CT molecular complexity index is 633. The summed E-state index contributed by atoms with van der Waals surface area (Å²) in [6.45, 7) is 6.58. The van der Waals surface area contributed by atoms with Crippen molar-refractivity contribution in [2.75, 3.05) is 7.05 Å². The summed E-state index contributed by atoms with van der Waals surface area (Å²) in [6, 6.07) is 8.31. The fraction of sp³-hybridized carbons (Fsp3) is 0.444. The lowest BCUT2D eigenvalue weighted by molar-refractivity contribution is 0.202. The van der Waals surface area contributed by atoms with Crippen molar-refractivity contribution >= 4 is 6.03 Å². The van der Waals surface area contributed by atoms with E-state index in [2.05, 4.69) is 46.5 Å². The highest BCUT2D eigenvalue weighted by atomic mass is 16.2. The molecular weight excluding hydrogens is 288 g/mol. The molecule has 0 aliphatic heterocycles. The highest BCUT2D eigenvalue weighted by molar-refractivity contribution is 5.74. The molecule has 0 unspecified atom stereocenters. The van der Waals surface area contributed by atoms with Gasteiger partial charge >= 0.3 is 6.03 Å². The van der Waals surface area contributed by atoms with Crippen LogP contribution in [-0.4, -0.2) is 27.9 Å². The fourth-order valence-corrected chi connectivity index (χ4v) is 2.48. The molecule has 2 amide bonds. The van der Waals surface area contributed by atoms with Crippen LogP contribution in [0.4, 0.5) is 4.79 Å². The second kappa shape index (κ2) is 7.81. The molecule has 1 aromatic heterocycles. The highest BCUT2D eigenvalue weighted by Gasteiger charge is 2.14. The lowest BCUT2D eigenvalue weighted by Crippen LogP contribution is -2.38. The Morgan fingerprint density at radius 1 is 1.35 bits per heavy atom. The third-order valence-electron chi connectivity index (χ3n) is 3.85. The molecule has 0 aliphatic rings. The van der Waals surface area contributed by atoms with E-state index in [0.29, 0.717) is 6.54 Å². The molecule has 2 N–H and O–H groups in total. The van der Waals surface area contributed by atoms with Crippen molar-refractivity contribution in [1.29, 1.82) is 0 Å². The van der Waals surface area contributed by atoms with Gasteiger partial charge < -0.3 is 15.2 Å². The largest absolute Gasteiger partial charge is 0.345 e. The SMILES string of the molecule is CCCc1ccc([C@@H](C)NC(=O)N(C)Cc2ncc(C)[nH]2)cc1. The van der Waals surface area contributed by atoms with Crippen LogP contribution in [0.3, 0.4) is 0 Å². The molecule has 0 fully saturated rings. The van der Waals surface area contributed by atoms with Gasteiger partial charge in [-0.15, -0.1) is 0 Å². The maximum atomic E-state index is 12.3. The van der Waals surface area contributed by atoms with Crippen LogP contribution < -0.4 is 5.32 Å². The number of aromatic amines is 1. The summed E-state index contributed by atoms with van der Waals surface area (Å²) in [5.74, 6) is 0.789. The van der Waals surface area contributed by atoms with Crippen LogP contribution in [0.2, 0.25) is 0 Å². The molecule has 1 heterocycles. The number of nitrogens with zero attached hydrogens (tertiary/aromatic N) is 2. The molecule has 5 heteroatoms. The van der Waals surface area contributed by atoms with E-state index in [0.717, 1.165) is 29.9 Å². The van der Waals surface area contributed by atoms with Crippen molar-refractivity contribution in [2.45, 2.75) is 46.2 Å². The average molecular weight is 314 g/mol. The summed E-state index contributed by atoms with van der Waals surface area (Å²) in [7, 11) is 1.77. The predicted molar refractivity (Wildman–Crippen MR) is 92.2 cm³/mol. The Balaban J connectivity index is 1.90. The molecule has 1 atom stereocenters. The second-order valence-corrected chi connectivity index (χ2v) is 6.03. The topological polar surface area (TPSA) is 61.0 Å². The van der Waals surface area contributed by atoms with Crippen molar-refractivity contribution in [1.82, 2.24) is 20.2 Å². The highest BCUT2D eigenvalue weighted by Crippen LogP contribution is 2.15. The van der Waals surface area contributed by atoms with Crippen LogP contribution >= 0.6 is 0 Å². The molecule has 0 saturated heterocycles. The van der Waals surface area contributed by atoms with Gasteiger partial charge in [0.05, 0.1) is 12.6 Å². The number of hydrogen-bond acceptors (Lipinski definition) is 2. The van der Waals surface area contributed by atoms with Crippen LogP contribution in [0.5, 0.6) is 0 Å². The number of aryl methyl sites for hydroxylation is 2. The number of rotatable bonds is 6. The molecule has 0 bridgehead atoms. The van der Waals surface area contributed by atoms with Crippen LogP contribution in [0, 0.1) is 6.92 Å². The van der Waals surface area contributed by atoms with Gasteiger partial charge in [-0.1, -0.05) is 37.6 Å². The van der Waals surface area contributed by atoms with E-state index in [9.17, 15) is 4.79 Å². The molecule has 0 spiro atoms. The van der Waals surface area contributed by atoms with Gasteiger partial charge in [-0.3, -0.25) is 0 Å². The van der Waals surface area contributed by atoms with E-state index in [1.54, 1.807) is 18.1 Å². The number of aromatic nitrogens is 2. The molecular formula is C18H26N4O. The smallest absolute Gasteiger partial charge is 0.318 e. The van der Waals surface area contributed by atoms with Crippen LogP contribution in [0.25, 0.3) is 0 Å². The summed E-state index contributed by atoms with van der Waals surface area (Å²) in [6.07, 6.45) is 4.00. The zero-order valence-electron chi connectivity index (χ0n) is 14.4. The monoisotopic (exact) mass is 314 g/mol. The van der Waals surface area contributed by atoms with Crippen LogP contribution in [-0.2, 0) is 13.0 Å². The quantitative estimate of drug-likeness (QED) is 0.856. The number of imidazole rings is 1. The zero-order valence-corrected chi connectivity index (χ0v) is 14.4. The molecule has 0 aliphatic carbocycles. The first-order valence-corrected chi connectivity index (χ1v) is 8.10. The van der Waals surface area contributed by atoms with Crippen molar-refractivity contribution in [3.05, 3.63) is 53.1 Å². The average Bonchev–Trinajstić information content (AvgIpc) is 2.93. The number of carbonyl (C=O) groups is 1. The van der Waals surface area contributed by atoms with E-state index in [4.69, 9.17) is 0 Å². The Morgan fingerprint density at radius 3 is 2.61 bits per heavy atom. The Labute approximate surface area is 138 Å². The molecule has 0 saturated carbocycles. The van der Waals surface area contributed by atoms with E-state index >= 15 is 0 Å². The minimum atomic E-state index is -0.107. The van der Waals surface area contributed by atoms with Gasteiger partial charge in [-0.25, -0.2) is 9.78 Å². The summed E-state index contributed by atoms with van der Waals surface area (Å²) in [5, 5.41) is 3.02. The Morgan fingerprint density at radius 2 is 2.04 bits per heavy atom. The first-order chi connectivity index (χ1) is 11.0. The Hall–Kier alpha value is -2.30. The zero-order chi connectivity index (χ0) is 16.8. The van der Waals surface area contributed by atoms with Crippen LogP contribution in [0.15, 0.2) is 30.5 Å². The third kappa shape index (κ3) is 4.84. The lowest BCUT2D eigenvalue weighted by atomic mass is 10.0. The number of nitrogens with one attached hydrogen (secondary N) is 2. The molecule has 124 valence electrons. The number of carbonyl (C=O) groups excluding carboxylic acids is 1. The molecule has 0 radical (unpaired) electrons. The van der Waals surface area contributed by atoms with Gasteiger partial charge in [0.1, 0.15) is 5.82 Å². The first-order valence-electron chi connectivity index (χ1n) is 8.10. The number of amides is 2. The molecule has 23 heavy (non-hydrogen) atoms. The molecule has 2 aromatic rings. The summed E-state index contributed by atoms with van der Waals surface area (Å²) < 4.78 is 0. The van der Waals surface area contributed by atoms with Gasteiger partial charge in [0.15, 0.2) is 0 Å². The summed E-state index contributed by atoms with van der Waals surface area (Å²) in [5.41, 5.74) is 3.44. The number of H-pyrrole nitrogens is 1. The van der Waals surface area contributed by atoms with Gasteiger partial charge in [-0.05, 0) is 31.4 Å². The van der Waals surface area contributed by atoms with Crippen molar-refractivity contribution in [3.63, 3.8) is 0 Å². The van der Waals surface area contributed by atoms with Crippen LogP contribution in [0.1, 0.15) is 49.0 Å². The van der Waals surface area contributed by atoms with Gasteiger partial charge in [0.2, 0.25) is 0 Å². The summed E-state index contributed by atoms with van der Waals surface area (Å²) in [4.78, 5) is 21.3. The van der Waals surface area contributed by atoms with Gasteiger partial charge in [0.25, 0.3) is 0 Å². The molecule has 2 rings (SSSR count). The maximum Gasteiger partial charge on any atom is 0.318 e. The molecule has 1 aromatic carbocycles. The van der Waals surface area contributed by atoms with Crippen molar-refractivity contribution in [3.8, 4) is 0 Å². The Kier molecular flexibility index (Phi) is 5.79. The normalized spacial score (nSPS) is 12.0. The van der Waals surface area contributed by atoms with Crippen molar-refractivity contribution < 1.29 is 4.79 Å². The third-order valence-corrected chi connectivity index (χ3v) is 3.85. The predicted octanol–water partition coefficient (Wildman–Crippen LogP) is 3.57.